The fourth-order valence-electron chi connectivity index (χ4n) is 3.74. The maximum atomic E-state index is 14.7. The van der Waals surface area contributed by atoms with E-state index in [2.05, 4.69) is 0 Å². The second kappa shape index (κ2) is 16.6. The van der Waals surface area contributed by atoms with Crippen molar-refractivity contribution in [3.05, 3.63) is 101 Å². The van der Waals surface area contributed by atoms with Gasteiger partial charge in [0.15, 0.2) is 0 Å². The van der Waals surface area contributed by atoms with E-state index < -0.39 is 0 Å². The highest BCUT2D eigenvalue weighted by Gasteiger charge is 2.23. The van der Waals surface area contributed by atoms with Gasteiger partial charge in [-0.2, -0.15) is 0 Å². The summed E-state index contributed by atoms with van der Waals surface area (Å²) < 4.78 is 35.6. The Morgan fingerprint density at radius 2 is 1.40 bits per heavy atom. The van der Waals surface area contributed by atoms with Crippen LogP contribution in [0.3, 0.4) is 0 Å². The molecule has 1 aliphatic rings. The van der Waals surface area contributed by atoms with Gasteiger partial charge in [0.2, 0.25) is 0 Å². The molecule has 0 saturated heterocycles. The Kier molecular flexibility index (Phi) is 15.2. The van der Waals surface area contributed by atoms with Gasteiger partial charge < -0.3 is 12.2 Å². The van der Waals surface area contributed by atoms with Gasteiger partial charge in [0.1, 0.15) is 23.1 Å². The van der Waals surface area contributed by atoms with Crippen molar-refractivity contribution >= 4 is 11.6 Å². The third-order valence-electron chi connectivity index (χ3n) is 5.01. The molecule has 35 heavy (non-hydrogen) atoms. The van der Waals surface area contributed by atoms with Crippen molar-refractivity contribution in [1.29, 1.82) is 0 Å². The molecule has 1 aliphatic heterocycles. The lowest BCUT2D eigenvalue weighted by Crippen LogP contribution is -2.22. The van der Waals surface area contributed by atoms with Crippen LogP contribution in [0, 0.1) is 19.1 Å². The Morgan fingerprint density at radius 1 is 0.771 bits per heavy atom. The minimum atomic E-state index is -0.302. The Morgan fingerprint density at radius 3 is 1.97 bits per heavy atom. The average molecular weight is 482 g/mol. The topological polar surface area (TPSA) is 9.23 Å². The smallest absolute Gasteiger partial charge is 0.136 e. The summed E-state index contributed by atoms with van der Waals surface area (Å²) in [5.41, 5.74) is 2.99. The van der Waals surface area contributed by atoms with Crippen LogP contribution in [0.2, 0.25) is 0 Å². The van der Waals surface area contributed by atoms with Gasteiger partial charge in [-0.1, -0.05) is 98.2 Å². The number of ether oxygens (including phenoxy) is 1. The van der Waals surface area contributed by atoms with E-state index in [1.54, 1.807) is 12.1 Å². The molecule has 4 rings (SSSR count). The maximum Gasteiger partial charge on any atom is 0.136 e. The number of rotatable bonds is 4. The molecule has 0 radical (unpaired) electrons. The Balaban J connectivity index is 0.00000154. The van der Waals surface area contributed by atoms with E-state index in [0.717, 1.165) is 24.0 Å². The highest BCUT2D eigenvalue weighted by molar-refractivity contribution is 5.85. The molecule has 0 unspecified atom stereocenters. The summed E-state index contributed by atoms with van der Waals surface area (Å²) in [4.78, 5) is 0. The van der Waals surface area contributed by atoms with E-state index in [1.165, 1.54) is 12.1 Å². The number of benzene rings is 3. The molecular weight excluding hydrogens is 438 g/mol. The first-order valence-electron chi connectivity index (χ1n) is 12.7. The number of aryl methyl sites for hydroxylation is 1. The normalized spacial score (nSPS) is 11.0. The van der Waals surface area contributed by atoms with Gasteiger partial charge in [0.05, 0.1) is 0 Å². The van der Waals surface area contributed by atoms with E-state index in [1.807, 2.05) is 91.8 Å². The fraction of sp³-hybridized carbons (Fsp3) is 0.344. The summed E-state index contributed by atoms with van der Waals surface area (Å²) in [6.45, 7) is 16.0. The lowest BCUT2D eigenvalue weighted by molar-refractivity contribution is 0.465. The zero-order chi connectivity index (χ0) is 25.7. The molecular formula is C32H43F2O-. The van der Waals surface area contributed by atoms with Crippen LogP contribution in [0.5, 0.6) is 11.5 Å². The average Bonchev–Trinajstić information content (AvgIpc) is 2.89. The van der Waals surface area contributed by atoms with E-state index in [-0.39, 0.29) is 19.1 Å². The van der Waals surface area contributed by atoms with Gasteiger partial charge in [-0.25, -0.2) is 8.78 Å². The number of fused-ring (bicyclic) bond motifs is 2. The predicted octanol–water partition coefficient (Wildman–Crippen LogP) is 8.99. The molecule has 3 aromatic rings. The summed E-state index contributed by atoms with van der Waals surface area (Å²) in [7, 11) is 0. The summed E-state index contributed by atoms with van der Waals surface area (Å²) in [5.74, 6) is 0.661. The lowest BCUT2D eigenvalue weighted by atomic mass is 9.91. The van der Waals surface area contributed by atoms with Crippen LogP contribution in [-0.4, -0.2) is 0 Å². The Hall–Kier alpha value is -2.94. The van der Waals surface area contributed by atoms with E-state index in [9.17, 15) is 8.78 Å². The van der Waals surface area contributed by atoms with Crippen molar-refractivity contribution in [3.8, 4) is 11.5 Å². The van der Waals surface area contributed by atoms with Gasteiger partial charge >= 0.3 is 0 Å². The Bertz CT molecular complexity index is 1150. The van der Waals surface area contributed by atoms with Gasteiger partial charge in [-0.3, -0.25) is 0 Å². The van der Waals surface area contributed by atoms with Crippen LogP contribution in [0.4, 0.5) is 8.78 Å². The lowest BCUT2D eigenvalue weighted by Gasteiger charge is -2.22. The minimum Gasteiger partial charge on any atom is -0.456 e. The number of hydrogen-bond donors (Lipinski definition) is 0. The van der Waals surface area contributed by atoms with Crippen LogP contribution in [0.1, 0.15) is 84.9 Å². The fourth-order valence-corrected chi connectivity index (χ4v) is 3.74. The molecule has 0 amide bonds. The van der Waals surface area contributed by atoms with Crippen LogP contribution >= 0.6 is 0 Å². The van der Waals surface area contributed by atoms with Crippen molar-refractivity contribution in [1.82, 2.24) is 0 Å². The summed E-state index contributed by atoms with van der Waals surface area (Å²) >= 11 is 0. The monoisotopic (exact) mass is 481 g/mol. The zero-order valence-corrected chi connectivity index (χ0v) is 23.1. The number of halogens is 2. The van der Waals surface area contributed by atoms with Gasteiger partial charge in [-0.05, 0) is 48.2 Å². The molecule has 1 heterocycles. The van der Waals surface area contributed by atoms with Gasteiger partial charge in [-0.15, -0.1) is 0 Å². The second-order valence-electron chi connectivity index (χ2n) is 7.02. The molecule has 0 aliphatic carbocycles. The second-order valence-corrected chi connectivity index (χ2v) is 7.02. The molecule has 0 N–H and O–H groups in total. The molecule has 0 spiro atoms. The van der Waals surface area contributed by atoms with Crippen LogP contribution in [-0.2, 0) is 6.42 Å². The number of hydrogen-bond acceptors (Lipinski definition) is 1. The van der Waals surface area contributed by atoms with E-state index in [4.69, 9.17) is 4.74 Å². The van der Waals surface area contributed by atoms with Crippen molar-refractivity contribution < 1.29 is 13.5 Å². The first kappa shape index (κ1) is 32.1. The molecule has 3 aromatic carbocycles. The quantitative estimate of drug-likeness (QED) is 0.264. The third-order valence-corrected chi connectivity index (χ3v) is 5.01. The van der Waals surface area contributed by atoms with Gasteiger partial charge in [0, 0.05) is 21.6 Å². The summed E-state index contributed by atoms with van der Waals surface area (Å²) in [6, 6.07) is 16.2. The molecule has 0 saturated carbocycles. The maximum absolute atomic E-state index is 14.7. The van der Waals surface area contributed by atoms with Crippen LogP contribution in [0.15, 0.2) is 54.6 Å². The van der Waals surface area contributed by atoms with E-state index >= 15 is 0 Å². The highest BCUT2D eigenvalue weighted by atomic mass is 19.1. The van der Waals surface area contributed by atoms with Crippen LogP contribution < -0.4 is 15.2 Å². The molecule has 192 valence electrons. The first-order valence-corrected chi connectivity index (χ1v) is 12.7. The summed E-state index contributed by atoms with van der Waals surface area (Å²) in [6.07, 6.45) is 4.06. The standard InChI is InChI=1S/C25H22F2O.3C2H6.CH3/c1-3-8-17-12-23-19(14-21(17)26)25(16-10-6-5-7-11-16)20-15-22(27)18(9-4-2)13-24(20)28-23;3*1-2;/h5-8,10-15H,3-4,9H2,1-2H3;3*1-2H3;1H3/q;;;;-1/b17-8-;;;;. The molecule has 1 nitrogen and oxygen atoms in total. The highest BCUT2D eigenvalue weighted by Crippen LogP contribution is 2.37. The largest absolute Gasteiger partial charge is 0.456 e. The van der Waals surface area contributed by atoms with Crippen molar-refractivity contribution in [2.45, 2.75) is 74.7 Å². The SMILES string of the molecule is CC.CC.CC.CC/C=c1/cc2c(cc1F)=C(c1ccccc1)c1cc(F)c(CCC)cc1O2.[CH3-]. The first-order chi connectivity index (χ1) is 16.6. The van der Waals surface area contributed by atoms with Crippen molar-refractivity contribution in [3.63, 3.8) is 0 Å². The molecule has 0 atom stereocenters. The third kappa shape index (κ3) is 7.52. The Labute approximate surface area is 212 Å². The van der Waals surface area contributed by atoms with Gasteiger partial charge in [0.25, 0.3) is 0 Å². The molecule has 0 fully saturated rings. The molecule has 3 heteroatoms. The van der Waals surface area contributed by atoms with Crippen molar-refractivity contribution in [2.24, 2.45) is 0 Å². The molecule has 0 bridgehead atoms. The van der Waals surface area contributed by atoms with Crippen LogP contribution in [0.25, 0.3) is 11.6 Å². The minimum absolute atomic E-state index is 0. The zero-order valence-electron chi connectivity index (χ0n) is 23.1. The van der Waals surface area contributed by atoms with Crippen molar-refractivity contribution in [2.75, 3.05) is 0 Å². The van der Waals surface area contributed by atoms with E-state index in [0.29, 0.717) is 39.5 Å². The summed E-state index contributed by atoms with van der Waals surface area (Å²) in [5, 5.41) is 1.17. The predicted molar refractivity (Wildman–Crippen MR) is 149 cm³/mol. The molecule has 0 aromatic heterocycles.